The van der Waals surface area contributed by atoms with Crippen LogP contribution in [0.5, 0.6) is 5.75 Å². The maximum atomic E-state index is 13.0. The average Bonchev–Trinajstić information content (AvgIpc) is 3.18. The maximum absolute atomic E-state index is 13.0. The number of rotatable bonds is 5. The van der Waals surface area contributed by atoms with Gasteiger partial charge in [-0.25, -0.2) is 0 Å². The zero-order valence-corrected chi connectivity index (χ0v) is 17.1. The highest BCUT2D eigenvalue weighted by Crippen LogP contribution is 2.23. The number of anilines is 1. The van der Waals surface area contributed by atoms with Gasteiger partial charge in [-0.05, 0) is 56.5 Å². The van der Waals surface area contributed by atoms with Gasteiger partial charge in [0.1, 0.15) is 11.8 Å². The van der Waals surface area contributed by atoms with E-state index >= 15 is 0 Å². The van der Waals surface area contributed by atoms with Gasteiger partial charge < -0.3 is 25.2 Å². The van der Waals surface area contributed by atoms with Gasteiger partial charge in [0.15, 0.2) is 5.11 Å². The predicted molar refractivity (Wildman–Crippen MR) is 112 cm³/mol. The largest absolute Gasteiger partial charge is 0.495 e. The van der Waals surface area contributed by atoms with Crippen molar-refractivity contribution < 1.29 is 14.3 Å². The molecule has 0 aromatic heterocycles. The number of likely N-dealkylation sites (tertiary alicyclic amines) is 2. The van der Waals surface area contributed by atoms with Gasteiger partial charge in [0.25, 0.3) is 0 Å². The fraction of sp³-hybridized carbons (Fsp3) is 0.550. The van der Waals surface area contributed by atoms with Crippen molar-refractivity contribution in [2.24, 2.45) is 0 Å². The molecule has 2 heterocycles. The van der Waals surface area contributed by atoms with Crippen molar-refractivity contribution >= 4 is 34.8 Å². The lowest BCUT2D eigenvalue weighted by molar-refractivity contribution is -0.140. The van der Waals surface area contributed by atoms with E-state index in [2.05, 4.69) is 10.6 Å². The number of hydrogen-bond donors (Lipinski definition) is 2. The molecule has 1 aromatic carbocycles. The summed E-state index contributed by atoms with van der Waals surface area (Å²) in [4.78, 5) is 29.0. The lowest BCUT2D eigenvalue weighted by atomic mass is 10.1. The summed E-state index contributed by atoms with van der Waals surface area (Å²) in [6, 6.07) is 7.04. The third kappa shape index (κ3) is 5.13. The first-order chi connectivity index (χ1) is 13.6. The Morgan fingerprint density at radius 2 is 1.89 bits per heavy atom. The summed E-state index contributed by atoms with van der Waals surface area (Å²) in [5.41, 5.74) is 0.740. The van der Waals surface area contributed by atoms with Crippen molar-refractivity contribution in [1.82, 2.24) is 15.1 Å². The van der Waals surface area contributed by atoms with Crippen molar-refractivity contribution in [1.29, 1.82) is 0 Å². The molecule has 28 heavy (non-hydrogen) atoms. The molecule has 0 spiro atoms. The number of carbonyl (C=O) groups excluding carboxylic acids is 2. The highest BCUT2D eigenvalue weighted by molar-refractivity contribution is 7.80. The number of thiocarbonyl (C=S) groups is 1. The fourth-order valence-corrected chi connectivity index (χ4v) is 3.94. The molecule has 8 heteroatoms. The topological polar surface area (TPSA) is 73.9 Å². The quantitative estimate of drug-likeness (QED) is 0.731. The average molecular weight is 405 g/mol. The minimum absolute atomic E-state index is 0.0428. The molecule has 0 bridgehead atoms. The number of para-hydroxylation sites is 2. The molecule has 2 saturated heterocycles. The van der Waals surface area contributed by atoms with Crippen LogP contribution >= 0.6 is 12.2 Å². The van der Waals surface area contributed by atoms with Crippen LogP contribution in [0, 0.1) is 0 Å². The molecule has 2 aliphatic heterocycles. The van der Waals surface area contributed by atoms with Crippen molar-refractivity contribution in [2.75, 3.05) is 38.6 Å². The lowest BCUT2D eigenvalue weighted by Crippen LogP contribution is -2.51. The van der Waals surface area contributed by atoms with E-state index in [0.717, 1.165) is 44.5 Å². The van der Waals surface area contributed by atoms with E-state index in [9.17, 15) is 9.59 Å². The SMILES string of the molecule is COc1ccccc1NC(=S)N[C@H]1CCCCN(CC(=O)N2CCCC2)C1=O. The monoisotopic (exact) mass is 404 g/mol. The zero-order valence-electron chi connectivity index (χ0n) is 16.3. The zero-order chi connectivity index (χ0) is 19.9. The van der Waals surface area contributed by atoms with Crippen LogP contribution in [-0.2, 0) is 9.59 Å². The third-order valence-electron chi connectivity index (χ3n) is 5.23. The van der Waals surface area contributed by atoms with E-state index in [1.165, 1.54) is 0 Å². The van der Waals surface area contributed by atoms with E-state index in [1.54, 1.807) is 12.0 Å². The number of nitrogens with zero attached hydrogens (tertiary/aromatic N) is 2. The summed E-state index contributed by atoms with van der Waals surface area (Å²) in [7, 11) is 1.60. The molecule has 2 N–H and O–H groups in total. The number of hydrogen-bond acceptors (Lipinski definition) is 4. The molecule has 1 aromatic rings. The van der Waals surface area contributed by atoms with Gasteiger partial charge in [-0.1, -0.05) is 12.1 Å². The van der Waals surface area contributed by atoms with E-state index in [-0.39, 0.29) is 18.4 Å². The molecule has 0 unspecified atom stereocenters. The standard InChI is InChI=1S/C20H28N4O3S/c1-27-17-10-3-2-8-15(17)21-20(28)22-16-9-4-5-13-24(19(16)26)14-18(25)23-11-6-7-12-23/h2-3,8,10,16H,4-7,9,11-14H2,1H3,(H2,21,22,28)/t16-/m0/s1. The van der Waals surface area contributed by atoms with Gasteiger partial charge in [-0.2, -0.15) is 0 Å². The Morgan fingerprint density at radius 3 is 2.64 bits per heavy atom. The fourth-order valence-electron chi connectivity index (χ4n) is 3.69. The van der Waals surface area contributed by atoms with E-state index in [0.29, 0.717) is 23.8 Å². The van der Waals surface area contributed by atoms with Crippen LogP contribution in [0.25, 0.3) is 0 Å². The second-order valence-corrected chi connectivity index (χ2v) is 7.60. The summed E-state index contributed by atoms with van der Waals surface area (Å²) in [5, 5.41) is 6.60. The smallest absolute Gasteiger partial charge is 0.245 e. The summed E-state index contributed by atoms with van der Waals surface area (Å²) < 4.78 is 5.32. The maximum Gasteiger partial charge on any atom is 0.245 e. The Bertz CT molecular complexity index is 721. The number of ether oxygens (including phenoxy) is 1. The number of carbonyl (C=O) groups is 2. The summed E-state index contributed by atoms with van der Waals surface area (Å²) >= 11 is 5.41. The van der Waals surface area contributed by atoms with Crippen molar-refractivity contribution in [3.63, 3.8) is 0 Å². The van der Waals surface area contributed by atoms with Gasteiger partial charge in [0, 0.05) is 19.6 Å². The number of nitrogens with one attached hydrogen (secondary N) is 2. The molecule has 0 saturated carbocycles. The predicted octanol–water partition coefficient (Wildman–Crippen LogP) is 1.99. The molecule has 152 valence electrons. The molecule has 2 amide bonds. The van der Waals surface area contributed by atoms with Crippen molar-refractivity contribution in [3.8, 4) is 5.75 Å². The van der Waals surface area contributed by atoms with Gasteiger partial charge in [0.2, 0.25) is 11.8 Å². The summed E-state index contributed by atoms with van der Waals surface area (Å²) in [5.74, 6) is 0.659. The number of amides is 2. The number of benzene rings is 1. The molecular weight excluding hydrogens is 376 g/mol. The Labute approximate surface area is 171 Å². The highest BCUT2D eigenvalue weighted by atomic mass is 32.1. The van der Waals surface area contributed by atoms with Gasteiger partial charge >= 0.3 is 0 Å². The Morgan fingerprint density at radius 1 is 1.18 bits per heavy atom. The van der Waals surface area contributed by atoms with E-state index in [1.807, 2.05) is 29.2 Å². The second-order valence-electron chi connectivity index (χ2n) is 7.19. The van der Waals surface area contributed by atoms with Crippen LogP contribution in [0.1, 0.15) is 32.1 Å². The summed E-state index contributed by atoms with van der Waals surface area (Å²) in [6.07, 6.45) is 4.60. The molecule has 7 nitrogen and oxygen atoms in total. The van der Waals surface area contributed by atoms with Crippen LogP contribution < -0.4 is 15.4 Å². The first kappa shape index (κ1) is 20.4. The van der Waals surface area contributed by atoms with E-state index in [4.69, 9.17) is 17.0 Å². The Kier molecular flexibility index (Phi) is 7.08. The molecule has 2 fully saturated rings. The normalized spacial score (nSPS) is 19.9. The minimum atomic E-state index is -0.427. The molecule has 0 aliphatic carbocycles. The van der Waals surface area contributed by atoms with Crippen LogP contribution in [-0.4, -0.2) is 66.1 Å². The second kappa shape index (κ2) is 9.73. The number of methoxy groups -OCH3 is 1. The van der Waals surface area contributed by atoms with Gasteiger partial charge in [-0.15, -0.1) is 0 Å². The first-order valence-corrected chi connectivity index (χ1v) is 10.3. The molecular formula is C20H28N4O3S. The Hall–Kier alpha value is -2.35. The minimum Gasteiger partial charge on any atom is -0.495 e. The molecule has 1 atom stereocenters. The molecule has 2 aliphatic rings. The van der Waals surface area contributed by atoms with Crippen LogP contribution in [0.15, 0.2) is 24.3 Å². The van der Waals surface area contributed by atoms with Gasteiger partial charge in [0.05, 0.1) is 19.3 Å². The first-order valence-electron chi connectivity index (χ1n) is 9.85. The van der Waals surface area contributed by atoms with Crippen LogP contribution in [0.3, 0.4) is 0 Å². The highest BCUT2D eigenvalue weighted by Gasteiger charge is 2.30. The van der Waals surface area contributed by atoms with Crippen molar-refractivity contribution in [3.05, 3.63) is 24.3 Å². The summed E-state index contributed by atoms with van der Waals surface area (Å²) in [6.45, 7) is 2.37. The van der Waals surface area contributed by atoms with E-state index < -0.39 is 6.04 Å². The van der Waals surface area contributed by atoms with Gasteiger partial charge in [-0.3, -0.25) is 9.59 Å². The van der Waals surface area contributed by atoms with Crippen molar-refractivity contribution in [2.45, 2.75) is 38.1 Å². The van der Waals surface area contributed by atoms with Crippen LogP contribution in [0.4, 0.5) is 5.69 Å². The van der Waals surface area contributed by atoms with Crippen LogP contribution in [0.2, 0.25) is 0 Å². The third-order valence-corrected chi connectivity index (χ3v) is 5.45. The lowest BCUT2D eigenvalue weighted by Gasteiger charge is -2.27. The Balaban J connectivity index is 1.59. The molecule has 3 rings (SSSR count). The molecule has 0 radical (unpaired) electrons.